The molecule has 4 nitrogen and oxygen atoms in total. The third-order valence-corrected chi connectivity index (χ3v) is 3.49. The zero-order valence-electron chi connectivity index (χ0n) is 8.18. The molecule has 3 atom stereocenters. The molecule has 1 heterocycles. The zero-order chi connectivity index (χ0) is 10.6. The number of thioether (sulfide) groups is 1. The van der Waals surface area contributed by atoms with Crippen molar-refractivity contribution >= 4 is 17.7 Å². The normalized spacial score (nSPS) is 29.0. The first-order valence-corrected chi connectivity index (χ1v) is 5.79. The Morgan fingerprint density at radius 3 is 2.86 bits per heavy atom. The van der Waals surface area contributed by atoms with Gasteiger partial charge < -0.3 is 14.9 Å². The molecule has 0 aromatic carbocycles. The fourth-order valence-corrected chi connectivity index (χ4v) is 2.23. The van der Waals surface area contributed by atoms with Crippen LogP contribution in [0.4, 0.5) is 0 Å². The van der Waals surface area contributed by atoms with E-state index in [0.29, 0.717) is 6.42 Å². The number of hydrogen-bond acceptors (Lipinski definition) is 4. The summed E-state index contributed by atoms with van der Waals surface area (Å²) >= 11 is 1.62. The average molecular weight is 220 g/mol. The van der Waals surface area contributed by atoms with Crippen LogP contribution < -0.4 is 0 Å². The SMILES string of the molecule is CC(CO)SCC1CCC(C(=O)O)O1. The van der Waals surface area contributed by atoms with E-state index >= 15 is 0 Å². The van der Waals surface area contributed by atoms with E-state index in [1.165, 1.54) is 0 Å². The van der Waals surface area contributed by atoms with Gasteiger partial charge in [-0.25, -0.2) is 4.79 Å². The largest absolute Gasteiger partial charge is 0.479 e. The number of hydrogen-bond donors (Lipinski definition) is 2. The Balaban J connectivity index is 2.19. The lowest BCUT2D eigenvalue weighted by Gasteiger charge is -2.13. The van der Waals surface area contributed by atoms with Crippen LogP contribution in [0.5, 0.6) is 0 Å². The number of aliphatic carboxylic acids is 1. The summed E-state index contributed by atoms with van der Waals surface area (Å²) in [4.78, 5) is 10.6. The van der Waals surface area contributed by atoms with Gasteiger partial charge in [-0.2, -0.15) is 11.8 Å². The first-order valence-electron chi connectivity index (χ1n) is 4.74. The van der Waals surface area contributed by atoms with E-state index in [-0.39, 0.29) is 18.0 Å². The smallest absolute Gasteiger partial charge is 0.332 e. The molecule has 1 saturated heterocycles. The molecule has 0 aromatic heterocycles. The van der Waals surface area contributed by atoms with E-state index in [1.54, 1.807) is 11.8 Å². The van der Waals surface area contributed by atoms with Crippen LogP contribution >= 0.6 is 11.8 Å². The lowest BCUT2D eigenvalue weighted by Crippen LogP contribution is -2.22. The number of aliphatic hydroxyl groups is 1. The van der Waals surface area contributed by atoms with Gasteiger partial charge >= 0.3 is 5.97 Å². The van der Waals surface area contributed by atoms with Crippen LogP contribution in [0.2, 0.25) is 0 Å². The number of rotatable bonds is 5. The van der Waals surface area contributed by atoms with Crippen molar-refractivity contribution in [3.05, 3.63) is 0 Å². The third-order valence-electron chi connectivity index (χ3n) is 2.21. The molecule has 0 radical (unpaired) electrons. The Labute approximate surface area is 87.6 Å². The highest BCUT2D eigenvalue weighted by Gasteiger charge is 2.30. The molecule has 1 aliphatic rings. The summed E-state index contributed by atoms with van der Waals surface area (Å²) in [5.41, 5.74) is 0. The quantitative estimate of drug-likeness (QED) is 0.715. The van der Waals surface area contributed by atoms with E-state index in [0.717, 1.165) is 12.2 Å². The number of carboxylic acids is 1. The van der Waals surface area contributed by atoms with Crippen LogP contribution in [0, 0.1) is 0 Å². The molecular formula is C9H16O4S. The number of ether oxygens (including phenoxy) is 1. The zero-order valence-corrected chi connectivity index (χ0v) is 9.00. The topological polar surface area (TPSA) is 66.8 Å². The second-order valence-corrected chi connectivity index (χ2v) is 4.96. The Kier molecular flexibility index (Phi) is 4.71. The van der Waals surface area contributed by atoms with Crippen molar-refractivity contribution in [3.63, 3.8) is 0 Å². The van der Waals surface area contributed by atoms with Crippen molar-refractivity contribution in [1.29, 1.82) is 0 Å². The van der Waals surface area contributed by atoms with Crippen LogP contribution in [0.25, 0.3) is 0 Å². The van der Waals surface area contributed by atoms with Gasteiger partial charge in [0.15, 0.2) is 6.10 Å². The molecule has 0 bridgehead atoms. The molecule has 0 aliphatic carbocycles. The van der Waals surface area contributed by atoms with Crippen molar-refractivity contribution in [2.45, 2.75) is 37.2 Å². The van der Waals surface area contributed by atoms with Gasteiger partial charge in [-0.05, 0) is 12.8 Å². The fourth-order valence-electron chi connectivity index (χ4n) is 1.33. The van der Waals surface area contributed by atoms with Crippen molar-refractivity contribution in [3.8, 4) is 0 Å². The summed E-state index contributed by atoms with van der Waals surface area (Å²) in [6, 6.07) is 0. The second kappa shape index (κ2) is 5.58. The molecule has 5 heteroatoms. The van der Waals surface area contributed by atoms with Crippen LogP contribution in [0.1, 0.15) is 19.8 Å². The van der Waals surface area contributed by atoms with Gasteiger partial charge in [0, 0.05) is 11.0 Å². The molecule has 0 amide bonds. The van der Waals surface area contributed by atoms with E-state index in [4.69, 9.17) is 14.9 Å². The summed E-state index contributed by atoms with van der Waals surface area (Å²) in [6.45, 7) is 2.09. The molecule has 1 fully saturated rings. The summed E-state index contributed by atoms with van der Waals surface area (Å²) in [5, 5.41) is 17.7. The van der Waals surface area contributed by atoms with Crippen LogP contribution in [-0.4, -0.2) is 46.0 Å². The Morgan fingerprint density at radius 1 is 1.64 bits per heavy atom. The molecule has 3 unspecified atom stereocenters. The minimum atomic E-state index is -0.868. The summed E-state index contributed by atoms with van der Waals surface area (Å²) in [7, 11) is 0. The van der Waals surface area contributed by atoms with Gasteiger partial charge in [-0.1, -0.05) is 6.92 Å². The summed E-state index contributed by atoms with van der Waals surface area (Å²) < 4.78 is 5.32. The van der Waals surface area contributed by atoms with E-state index in [9.17, 15) is 4.79 Å². The van der Waals surface area contributed by atoms with Crippen LogP contribution in [0.15, 0.2) is 0 Å². The second-order valence-electron chi connectivity index (χ2n) is 3.49. The molecule has 0 aromatic rings. The molecule has 0 spiro atoms. The van der Waals surface area contributed by atoms with Crippen molar-refractivity contribution in [2.75, 3.05) is 12.4 Å². The van der Waals surface area contributed by atoms with Crippen LogP contribution in [0.3, 0.4) is 0 Å². The van der Waals surface area contributed by atoms with Crippen molar-refractivity contribution < 1.29 is 19.7 Å². The number of carboxylic acid groups (broad SMARTS) is 1. The lowest BCUT2D eigenvalue weighted by atomic mass is 10.2. The average Bonchev–Trinajstić information content (AvgIpc) is 2.62. The van der Waals surface area contributed by atoms with E-state index in [2.05, 4.69) is 0 Å². The first kappa shape index (κ1) is 11.8. The molecule has 1 rings (SSSR count). The van der Waals surface area contributed by atoms with E-state index < -0.39 is 12.1 Å². The van der Waals surface area contributed by atoms with E-state index in [1.807, 2.05) is 6.92 Å². The highest BCUT2D eigenvalue weighted by Crippen LogP contribution is 2.24. The van der Waals surface area contributed by atoms with Crippen molar-refractivity contribution in [2.24, 2.45) is 0 Å². The monoisotopic (exact) mass is 220 g/mol. The standard InChI is InChI=1S/C9H16O4S/c1-6(4-10)14-5-7-2-3-8(13-7)9(11)12/h6-8,10H,2-5H2,1H3,(H,11,12). The number of aliphatic hydroxyl groups excluding tert-OH is 1. The third kappa shape index (κ3) is 3.48. The highest BCUT2D eigenvalue weighted by molar-refractivity contribution is 7.99. The molecule has 0 saturated carbocycles. The highest BCUT2D eigenvalue weighted by atomic mass is 32.2. The minimum absolute atomic E-state index is 0.0371. The maximum atomic E-state index is 10.6. The number of carbonyl (C=O) groups is 1. The van der Waals surface area contributed by atoms with Gasteiger partial charge in [0.25, 0.3) is 0 Å². The Hall–Kier alpha value is -0.260. The fraction of sp³-hybridized carbons (Fsp3) is 0.889. The summed E-state index contributed by atoms with van der Waals surface area (Å²) in [6.07, 6.45) is 0.830. The lowest BCUT2D eigenvalue weighted by molar-refractivity contribution is -0.148. The Morgan fingerprint density at radius 2 is 2.36 bits per heavy atom. The van der Waals surface area contributed by atoms with Crippen molar-refractivity contribution in [1.82, 2.24) is 0 Å². The molecule has 1 aliphatic heterocycles. The van der Waals surface area contributed by atoms with Gasteiger partial charge in [0.1, 0.15) is 0 Å². The van der Waals surface area contributed by atoms with Gasteiger partial charge in [0.2, 0.25) is 0 Å². The molecule has 14 heavy (non-hydrogen) atoms. The maximum Gasteiger partial charge on any atom is 0.332 e. The van der Waals surface area contributed by atoms with Gasteiger partial charge in [-0.3, -0.25) is 0 Å². The predicted octanol–water partition coefficient (Wildman–Crippen LogP) is 0.733. The molecular weight excluding hydrogens is 204 g/mol. The molecule has 2 N–H and O–H groups in total. The first-order chi connectivity index (χ1) is 6.63. The van der Waals surface area contributed by atoms with Crippen LogP contribution in [-0.2, 0) is 9.53 Å². The van der Waals surface area contributed by atoms with Gasteiger partial charge in [-0.15, -0.1) is 0 Å². The predicted molar refractivity (Wildman–Crippen MR) is 54.5 cm³/mol. The van der Waals surface area contributed by atoms with Gasteiger partial charge in [0.05, 0.1) is 12.7 Å². The Bertz CT molecular complexity index is 197. The molecule has 82 valence electrons. The summed E-state index contributed by atoms with van der Waals surface area (Å²) in [5.74, 6) is -0.0985. The minimum Gasteiger partial charge on any atom is -0.479 e. The maximum absolute atomic E-state index is 10.6.